The van der Waals surface area contributed by atoms with E-state index in [9.17, 15) is 49.1 Å². The number of hydrogen-bond acceptors (Lipinski definition) is 6. The van der Waals surface area contributed by atoms with Crippen molar-refractivity contribution in [1.29, 1.82) is 0 Å². The molecule has 40 heavy (non-hydrogen) atoms. The molecule has 0 aliphatic rings. The van der Waals surface area contributed by atoms with E-state index in [-0.39, 0.29) is 29.7 Å². The monoisotopic (exact) mass is 611 g/mol. The van der Waals surface area contributed by atoms with Crippen LogP contribution in [0.25, 0.3) is 0 Å². The minimum Gasteiger partial charge on any atom is -0.463 e. The number of nitrogens with zero attached hydrogens (tertiary/aromatic N) is 3. The van der Waals surface area contributed by atoms with Crippen LogP contribution in [0.5, 0.6) is 0 Å². The highest BCUT2D eigenvalue weighted by Gasteiger charge is 2.44. The molecule has 0 spiro atoms. The lowest BCUT2D eigenvalue weighted by Crippen LogP contribution is -2.45. The largest absolute Gasteiger partial charge is 0.463 e. The molecule has 1 atom stereocenters. The Labute approximate surface area is 226 Å². The van der Waals surface area contributed by atoms with Gasteiger partial charge in [-0.15, -0.1) is 0 Å². The van der Waals surface area contributed by atoms with Crippen LogP contribution < -0.4 is 10.5 Å². The number of esters is 1. The van der Waals surface area contributed by atoms with Crippen LogP contribution in [-0.2, 0) is 39.3 Å². The van der Waals surface area contributed by atoms with E-state index in [0.29, 0.717) is 4.57 Å². The zero-order valence-electron chi connectivity index (χ0n) is 21.3. The van der Waals surface area contributed by atoms with E-state index < -0.39 is 88.8 Å². The molecule has 1 unspecified atom stereocenters. The second kappa shape index (κ2) is 12.2. The molecule has 0 radical (unpaired) electrons. The van der Waals surface area contributed by atoms with Crippen molar-refractivity contribution in [3.8, 4) is 0 Å². The summed E-state index contributed by atoms with van der Waals surface area (Å²) >= 11 is 5.94. The summed E-state index contributed by atoms with van der Waals surface area (Å²) in [7, 11) is 0. The molecule has 0 aliphatic carbocycles. The standard InChI is InChI=1S/C23H23ClF9N3O4/c1-5-39-18(19(38)40-6-2)36(14-8-12(21(25,26)27)7-13(17(14)24)22(28,29)30)20-34-15(23(31,32)33)9-16(37)35(20)10-11(3)4/h7-9,11,18H,5-6,10H2,1-4H3. The summed E-state index contributed by atoms with van der Waals surface area (Å²) in [6, 6.07) is -0.126. The van der Waals surface area contributed by atoms with Crippen LogP contribution in [0.4, 0.5) is 51.1 Å². The predicted octanol–water partition coefficient (Wildman–Crippen LogP) is 6.67. The lowest BCUT2D eigenvalue weighted by atomic mass is 10.1. The zero-order valence-corrected chi connectivity index (χ0v) is 22.0. The molecule has 1 aromatic carbocycles. The Morgan fingerprint density at radius 2 is 1.57 bits per heavy atom. The van der Waals surface area contributed by atoms with Gasteiger partial charge in [0.05, 0.1) is 28.4 Å². The fraction of sp³-hybridized carbons (Fsp3) is 0.522. The van der Waals surface area contributed by atoms with Crippen molar-refractivity contribution in [2.24, 2.45) is 5.92 Å². The molecule has 17 heteroatoms. The second-order valence-corrected chi connectivity index (χ2v) is 8.94. The summed E-state index contributed by atoms with van der Waals surface area (Å²) in [4.78, 5) is 29.3. The molecular weight excluding hydrogens is 589 g/mol. The highest BCUT2D eigenvalue weighted by Crippen LogP contribution is 2.46. The van der Waals surface area contributed by atoms with Gasteiger partial charge in [-0.05, 0) is 31.9 Å². The molecule has 0 aliphatic heterocycles. The SMILES string of the molecule is CCOC(=O)C(OCC)N(c1cc(C(F)(F)F)cc(C(F)(F)F)c1Cl)c1nc(C(F)(F)F)cc(=O)n1CC(C)C. The maximum Gasteiger partial charge on any atom is 0.433 e. The average molecular weight is 612 g/mol. The molecule has 0 fully saturated rings. The quantitative estimate of drug-likeness (QED) is 0.179. The molecule has 0 bridgehead atoms. The van der Waals surface area contributed by atoms with Gasteiger partial charge in [0.1, 0.15) is 0 Å². The highest BCUT2D eigenvalue weighted by atomic mass is 35.5. The average Bonchev–Trinajstić information content (AvgIpc) is 2.79. The Hall–Kier alpha value is -3.01. The van der Waals surface area contributed by atoms with E-state index in [1.165, 1.54) is 27.7 Å². The Balaban J connectivity index is 3.21. The molecule has 1 heterocycles. The maximum absolute atomic E-state index is 13.8. The Bertz CT molecular complexity index is 1270. The van der Waals surface area contributed by atoms with Gasteiger partial charge < -0.3 is 9.47 Å². The minimum atomic E-state index is -5.48. The lowest BCUT2D eigenvalue weighted by molar-refractivity contribution is -0.155. The maximum atomic E-state index is 13.8. The summed E-state index contributed by atoms with van der Waals surface area (Å²) < 4.78 is 134. The number of ether oxygens (including phenoxy) is 2. The molecule has 0 saturated carbocycles. The highest BCUT2D eigenvalue weighted by molar-refractivity contribution is 6.34. The van der Waals surface area contributed by atoms with Crippen LogP contribution in [0.2, 0.25) is 5.02 Å². The van der Waals surface area contributed by atoms with Crippen molar-refractivity contribution in [2.45, 2.75) is 59.0 Å². The fourth-order valence-electron chi connectivity index (χ4n) is 3.47. The third-order valence-electron chi connectivity index (χ3n) is 5.03. The number of anilines is 2. The lowest BCUT2D eigenvalue weighted by Gasteiger charge is -2.34. The first-order chi connectivity index (χ1) is 18.2. The molecule has 0 N–H and O–H groups in total. The van der Waals surface area contributed by atoms with Gasteiger partial charge in [-0.3, -0.25) is 14.3 Å². The van der Waals surface area contributed by atoms with Crippen LogP contribution in [-0.4, -0.2) is 35.0 Å². The third-order valence-corrected chi connectivity index (χ3v) is 5.43. The summed E-state index contributed by atoms with van der Waals surface area (Å²) in [6.45, 7) is 4.40. The van der Waals surface area contributed by atoms with E-state index in [1.807, 2.05) is 0 Å². The Morgan fingerprint density at radius 3 is 2.02 bits per heavy atom. The third kappa shape index (κ3) is 7.59. The first-order valence-electron chi connectivity index (χ1n) is 11.5. The number of benzene rings is 1. The smallest absolute Gasteiger partial charge is 0.433 e. The van der Waals surface area contributed by atoms with Gasteiger partial charge in [0.15, 0.2) is 5.69 Å². The molecule has 0 saturated heterocycles. The van der Waals surface area contributed by atoms with Crippen molar-refractivity contribution in [1.82, 2.24) is 9.55 Å². The number of halogens is 10. The van der Waals surface area contributed by atoms with E-state index in [2.05, 4.69) is 4.98 Å². The van der Waals surface area contributed by atoms with Crippen molar-refractivity contribution < 1.29 is 53.8 Å². The van der Waals surface area contributed by atoms with E-state index >= 15 is 0 Å². The van der Waals surface area contributed by atoms with Crippen molar-refractivity contribution >= 4 is 29.2 Å². The van der Waals surface area contributed by atoms with E-state index in [4.69, 9.17) is 21.1 Å². The normalized spacial score (nSPS) is 13.5. The van der Waals surface area contributed by atoms with Crippen LogP contribution in [0, 0.1) is 5.92 Å². The van der Waals surface area contributed by atoms with Crippen LogP contribution in [0.3, 0.4) is 0 Å². The van der Waals surface area contributed by atoms with E-state index in [0.717, 1.165) is 0 Å². The van der Waals surface area contributed by atoms with Gasteiger partial charge in [0, 0.05) is 19.2 Å². The summed E-state index contributed by atoms with van der Waals surface area (Å²) in [5, 5.41) is -1.43. The van der Waals surface area contributed by atoms with Gasteiger partial charge in [0.2, 0.25) is 12.2 Å². The molecule has 0 amide bonds. The van der Waals surface area contributed by atoms with Gasteiger partial charge in [-0.25, -0.2) is 9.78 Å². The topological polar surface area (TPSA) is 73.7 Å². The molecule has 1 aromatic heterocycles. The van der Waals surface area contributed by atoms with Crippen LogP contribution in [0.15, 0.2) is 23.0 Å². The number of alkyl halides is 9. The van der Waals surface area contributed by atoms with Gasteiger partial charge in [-0.2, -0.15) is 39.5 Å². The number of rotatable bonds is 9. The molecule has 2 rings (SSSR count). The Kier molecular flexibility index (Phi) is 10.2. The van der Waals surface area contributed by atoms with Crippen LogP contribution >= 0.6 is 11.6 Å². The number of hydrogen-bond donors (Lipinski definition) is 0. The molecule has 7 nitrogen and oxygen atoms in total. The molecular formula is C23H23ClF9N3O4. The van der Waals surface area contributed by atoms with Gasteiger partial charge in [0.25, 0.3) is 5.56 Å². The minimum absolute atomic E-state index is 0.0783. The predicted molar refractivity (Wildman–Crippen MR) is 124 cm³/mol. The number of aromatic nitrogens is 2. The fourth-order valence-corrected chi connectivity index (χ4v) is 3.78. The van der Waals surface area contributed by atoms with Crippen molar-refractivity contribution in [2.75, 3.05) is 18.1 Å². The van der Waals surface area contributed by atoms with Crippen molar-refractivity contribution in [3.63, 3.8) is 0 Å². The summed E-state index contributed by atoms with van der Waals surface area (Å²) in [5.41, 5.74) is -8.40. The second-order valence-electron chi connectivity index (χ2n) is 8.56. The summed E-state index contributed by atoms with van der Waals surface area (Å²) in [5.74, 6) is -3.09. The Morgan fingerprint density at radius 1 is 0.975 bits per heavy atom. The molecule has 2 aromatic rings. The van der Waals surface area contributed by atoms with Crippen molar-refractivity contribution in [3.05, 3.63) is 50.4 Å². The first-order valence-corrected chi connectivity index (χ1v) is 11.9. The molecule has 224 valence electrons. The van der Waals surface area contributed by atoms with E-state index in [1.54, 1.807) is 0 Å². The number of carbonyl (C=O) groups is 1. The van der Waals surface area contributed by atoms with Gasteiger partial charge in [-0.1, -0.05) is 25.4 Å². The zero-order chi connectivity index (χ0) is 30.8. The van der Waals surface area contributed by atoms with Crippen LogP contribution in [0.1, 0.15) is 44.5 Å². The number of carbonyl (C=O) groups excluding carboxylic acids is 1. The first kappa shape index (κ1) is 33.2. The summed E-state index contributed by atoms with van der Waals surface area (Å²) in [6.07, 6.45) is -18.5. The van der Waals surface area contributed by atoms with Gasteiger partial charge >= 0.3 is 24.5 Å².